The smallest absolute Gasteiger partial charge is 0.271 e. The van der Waals surface area contributed by atoms with E-state index in [1.165, 1.54) is 18.2 Å². The summed E-state index contributed by atoms with van der Waals surface area (Å²) in [7, 11) is 0. The van der Waals surface area contributed by atoms with Crippen molar-refractivity contribution in [2.24, 2.45) is 0 Å². The maximum Gasteiger partial charge on any atom is 0.271 e. The molecule has 2 aromatic rings. The average Bonchev–Trinajstić information content (AvgIpc) is 3.51. The molecule has 2 aromatic carbocycles. The zero-order valence-electron chi connectivity index (χ0n) is 19.3. The van der Waals surface area contributed by atoms with Crippen LogP contribution in [-0.4, -0.2) is 22.1 Å². The fourth-order valence-corrected chi connectivity index (χ4v) is 4.65. The Balaban J connectivity index is 1.78. The molecule has 33 heavy (non-hydrogen) atoms. The SMILES string of the molecule is CC1(C)OC(C)(C)C(O)=C(c2cc(Oc3ccc(C(C)(F)F)c(Cl)c3)ccc2C2CC2)C1=O. The van der Waals surface area contributed by atoms with Crippen LogP contribution in [0.1, 0.15) is 70.1 Å². The van der Waals surface area contributed by atoms with E-state index in [0.717, 1.165) is 25.3 Å². The van der Waals surface area contributed by atoms with Gasteiger partial charge in [-0.1, -0.05) is 17.7 Å². The third-order valence-corrected chi connectivity index (χ3v) is 6.36. The van der Waals surface area contributed by atoms with Crippen LogP contribution in [0.2, 0.25) is 5.02 Å². The molecule has 0 atom stereocenters. The van der Waals surface area contributed by atoms with Crippen molar-refractivity contribution in [3.63, 3.8) is 0 Å². The summed E-state index contributed by atoms with van der Waals surface area (Å²) in [6, 6.07) is 9.37. The minimum absolute atomic E-state index is 0.0988. The van der Waals surface area contributed by atoms with Crippen molar-refractivity contribution >= 4 is 23.0 Å². The number of halogens is 3. The van der Waals surface area contributed by atoms with Crippen LogP contribution in [0.15, 0.2) is 42.2 Å². The van der Waals surface area contributed by atoms with Gasteiger partial charge in [-0.25, -0.2) is 8.78 Å². The van der Waals surface area contributed by atoms with Crippen molar-refractivity contribution in [3.8, 4) is 11.5 Å². The quantitative estimate of drug-likeness (QED) is 0.484. The maximum absolute atomic E-state index is 13.7. The summed E-state index contributed by atoms with van der Waals surface area (Å²) in [5.74, 6) is -2.51. The summed E-state index contributed by atoms with van der Waals surface area (Å²) >= 11 is 6.05. The summed E-state index contributed by atoms with van der Waals surface area (Å²) in [5, 5.41) is 10.9. The molecule has 0 spiro atoms. The Hall–Kier alpha value is -2.44. The third kappa shape index (κ3) is 4.51. The van der Waals surface area contributed by atoms with Crippen LogP contribution in [0.25, 0.3) is 5.57 Å². The lowest BCUT2D eigenvalue weighted by Crippen LogP contribution is -2.49. The summed E-state index contributed by atoms with van der Waals surface area (Å²) < 4.78 is 39.1. The lowest BCUT2D eigenvalue weighted by Gasteiger charge is -2.40. The zero-order valence-corrected chi connectivity index (χ0v) is 20.0. The average molecular weight is 477 g/mol. The van der Waals surface area contributed by atoms with Gasteiger partial charge in [0.25, 0.3) is 5.92 Å². The number of ether oxygens (including phenoxy) is 2. The number of ketones is 1. The molecule has 0 unspecified atom stereocenters. The Kier molecular flexibility index (Phi) is 5.61. The molecule has 0 amide bonds. The first kappa shape index (κ1) is 23.7. The minimum atomic E-state index is -3.07. The van der Waals surface area contributed by atoms with Gasteiger partial charge in [-0.05, 0) is 87.9 Å². The van der Waals surface area contributed by atoms with Crippen LogP contribution < -0.4 is 4.74 Å². The van der Waals surface area contributed by atoms with Crippen LogP contribution in [0.5, 0.6) is 11.5 Å². The number of hydrogen-bond donors (Lipinski definition) is 1. The first-order valence-corrected chi connectivity index (χ1v) is 11.3. The number of carbonyl (C=O) groups excluding carboxylic acids is 1. The van der Waals surface area contributed by atoms with Crippen molar-refractivity contribution in [2.75, 3.05) is 0 Å². The molecule has 0 saturated heterocycles. The van der Waals surface area contributed by atoms with Crippen LogP contribution in [-0.2, 0) is 15.5 Å². The Morgan fingerprint density at radius 3 is 2.24 bits per heavy atom. The number of carbonyl (C=O) groups is 1. The lowest BCUT2D eigenvalue weighted by atomic mass is 9.81. The van der Waals surface area contributed by atoms with E-state index in [9.17, 15) is 18.7 Å². The van der Waals surface area contributed by atoms with Gasteiger partial charge in [0.15, 0.2) is 5.78 Å². The van der Waals surface area contributed by atoms with Gasteiger partial charge >= 0.3 is 0 Å². The van der Waals surface area contributed by atoms with Gasteiger partial charge in [0.05, 0.1) is 10.6 Å². The Bertz CT molecular complexity index is 1160. The number of rotatable bonds is 5. The minimum Gasteiger partial charge on any atom is -0.508 e. The molecule has 1 heterocycles. The molecule has 4 rings (SSSR count). The van der Waals surface area contributed by atoms with Gasteiger partial charge in [-0.3, -0.25) is 4.79 Å². The first-order chi connectivity index (χ1) is 15.2. The Morgan fingerprint density at radius 1 is 1.06 bits per heavy atom. The van der Waals surface area contributed by atoms with Gasteiger partial charge in [0, 0.05) is 12.5 Å². The molecule has 0 radical (unpaired) electrons. The number of hydrogen-bond acceptors (Lipinski definition) is 4. The van der Waals surface area contributed by atoms with Gasteiger partial charge in [-0.15, -0.1) is 0 Å². The van der Waals surface area contributed by atoms with E-state index in [1.807, 2.05) is 6.07 Å². The third-order valence-electron chi connectivity index (χ3n) is 6.05. The molecule has 4 nitrogen and oxygen atoms in total. The lowest BCUT2D eigenvalue weighted by molar-refractivity contribution is -0.158. The maximum atomic E-state index is 13.7. The molecule has 176 valence electrons. The monoisotopic (exact) mass is 476 g/mol. The second-order valence-corrected chi connectivity index (χ2v) is 10.2. The highest BCUT2D eigenvalue weighted by Gasteiger charge is 2.48. The molecule has 1 fully saturated rings. The van der Waals surface area contributed by atoms with E-state index >= 15 is 0 Å². The zero-order chi connectivity index (χ0) is 24.3. The van der Waals surface area contributed by atoms with Gasteiger partial charge in [0.2, 0.25) is 0 Å². The molecule has 2 aliphatic rings. The van der Waals surface area contributed by atoms with Gasteiger partial charge in [-0.2, -0.15) is 0 Å². The summed E-state index contributed by atoms with van der Waals surface area (Å²) in [6.45, 7) is 7.61. The molecule has 1 saturated carbocycles. The molecule has 1 aliphatic carbocycles. The van der Waals surface area contributed by atoms with Crippen molar-refractivity contribution < 1.29 is 28.2 Å². The second-order valence-electron chi connectivity index (χ2n) is 9.83. The number of alkyl halides is 2. The Morgan fingerprint density at radius 2 is 1.67 bits per heavy atom. The number of Topliss-reactive ketones (excluding diaryl/α,β-unsaturated/α-hetero) is 1. The molecule has 1 N–H and O–H groups in total. The van der Waals surface area contributed by atoms with E-state index in [1.54, 1.807) is 39.8 Å². The highest BCUT2D eigenvalue weighted by molar-refractivity contribution is 6.31. The van der Waals surface area contributed by atoms with E-state index in [0.29, 0.717) is 17.2 Å². The predicted octanol–water partition coefficient (Wildman–Crippen LogP) is 7.55. The number of benzene rings is 2. The van der Waals surface area contributed by atoms with E-state index < -0.39 is 17.1 Å². The van der Waals surface area contributed by atoms with E-state index in [2.05, 4.69) is 0 Å². The molecular weight excluding hydrogens is 450 g/mol. The second kappa shape index (κ2) is 7.81. The van der Waals surface area contributed by atoms with Crippen molar-refractivity contribution in [3.05, 3.63) is 63.9 Å². The topological polar surface area (TPSA) is 55.8 Å². The number of aliphatic hydroxyl groups is 1. The molecular formula is C26H27ClF2O4. The fraction of sp³-hybridized carbons (Fsp3) is 0.423. The highest BCUT2D eigenvalue weighted by atomic mass is 35.5. The van der Waals surface area contributed by atoms with Crippen LogP contribution in [0.3, 0.4) is 0 Å². The van der Waals surface area contributed by atoms with E-state index in [4.69, 9.17) is 21.1 Å². The molecule has 0 aromatic heterocycles. The van der Waals surface area contributed by atoms with Crippen LogP contribution in [0.4, 0.5) is 8.78 Å². The Labute approximate surface area is 197 Å². The van der Waals surface area contributed by atoms with Gasteiger partial charge < -0.3 is 14.6 Å². The van der Waals surface area contributed by atoms with Crippen molar-refractivity contribution in [1.82, 2.24) is 0 Å². The normalized spacial score (nSPS) is 20.2. The van der Waals surface area contributed by atoms with Crippen molar-refractivity contribution in [1.29, 1.82) is 0 Å². The predicted molar refractivity (Wildman–Crippen MR) is 123 cm³/mol. The van der Waals surface area contributed by atoms with Crippen LogP contribution >= 0.6 is 11.6 Å². The largest absolute Gasteiger partial charge is 0.508 e. The first-order valence-electron chi connectivity index (χ1n) is 10.9. The van der Waals surface area contributed by atoms with Gasteiger partial charge in [0.1, 0.15) is 28.5 Å². The standard InChI is InChI=1S/C26H27ClF2O4/c1-24(2)22(30)21(23(31)25(3,4)33-24)18-12-15(8-10-17(18)14-6-7-14)32-16-9-11-19(20(27)13-16)26(5,28)29/h8-14,30H,6-7H2,1-5H3. The summed E-state index contributed by atoms with van der Waals surface area (Å²) in [5.41, 5.74) is -0.651. The van der Waals surface area contributed by atoms with Crippen molar-refractivity contribution in [2.45, 2.75) is 70.5 Å². The van der Waals surface area contributed by atoms with E-state index in [-0.39, 0.29) is 33.5 Å². The summed E-state index contributed by atoms with van der Waals surface area (Å²) in [4.78, 5) is 13.3. The fourth-order valence-electron chi connectivity index (χ4n) is 4.31. The van der Waals surface area contributed by atoms with Crippen LogP contribution in [0, 0.1) is 0 Å². The molecule has 0 bridgehead atoms. The molecule has 7 heteroatoms. The summed E-state index contributed by atoms with van der Waals surface area (Å²) in [6.07, 6.45) is 2.00. The highest BCUT2D eigenvalue weighted by Crippen LogP contribution is 2.48. The molecule has 1 aliphatic heterocycles. The number of aliphatic hydroxyl groups excluding tert-OH is 1.